The maximum atomic E-state index is 5.38. The molecule has 0 saturated carbocycles. The number of rotatable bonds is 5. The first-order chi connectivity index (χ1) is 7.63. The molecular formula is C13H21NO2. The van der Waals surface area contributed by atoms with Gasteiger partial charge >= 0.3 is 0 Å². The van der Waals surface area contributed by atoms with Crippen LogP contribution in [0.2, 0.25) is 0 Å². The average Bonchev–Trinajstić information content (AvgIpc) is 2.30. The van der Waals surface area contributed by atoms with Crippen LogP contribution in [0.3, 0.4) is 0 Å². The summed E-state index contributed by atoms with van der Waals surface area (Å²) in [6.45, 7) is 4.12. The summed E-state index contributed by atoms with van der Waals surface area (Å²) >= 11 is 0. The molecular weight excluding hydrogens is 202 g/mol. The van der Waals surface area contributed by atoms with E-state index in [9.17, 15) is 0 Å². The van der Waals surface area contributed by atoms with Crippen molar-refractivity contribution in [3.63, 3.8) is 0 Å². The van der Waals surface area contributed by atoms with E-state index in [1.807, 2.05) is 26.1 Å². The topological polar surface area (TPSA) is 30.5 Å². The van der Waals surface area contributed by atoms with Gasteiger partial charge < -0.3 is 14.8 Å². The van der Waals surface area contributed by atoms with E-state index < -0.39 is 0 Å². The molecule has 1 rings (SSSR count). The summed E-state index contributed by atoms with van der Waals surface area (Å²) in [6, 6.07) is 6.32. The van der Waals surface area contributed by atoms with Crippen molar-refractivity contribution >= 4 is 0 Å². The molecule has 0 aromatic heterocycles. The molecule has 1 N–H and O–H groups in total. The third-order valence-electron chi connectivity index (χ3n) is 2.87. The number of ether oxygens (including phenoxy) is 2. The van der Waals surface area contributed by atoms with Crippen molar-refractivity contribution in [1.29, 1.82) is 0 Å². The van der Waals surface area contributed by atoms with Gasteiger partial charge in [0.1, 0.15) is 5.75 Å². The zero-order valence-electron chi connectivity index (χ0n) is 10.7. The van der Waals surface area contributed by atoms with Gasteiger partial charge in [0.15, 0.2) is 0 Å². The number of nitrogens with one attached hydrogen (secondary N) is 1. The van der Waals surface area contributed by atoms with Crippen LogP contribution in [-0.4, -0.2) is 27.4 Å². The Labute approximate surface area is 97.8 Å². The minimum absolute atomic E-state index is 0.0979. The summed E-state index contributed by atoms with van der Waals surface area (Å²) in [4.78, 5) is 0. The predicted molar refractivity (Wildman–Crippen MR) is 66.0 cm³/mol. The second-order valence-electron chi connectivity index (χ2n) is 3.95. The highest BCUT2D eigenvalue weighted by molar-refractivity contribution is 5.39. The Morgan fingerprint density at radius 2 is 1.94 bits per heavy atom. The summed E-state index contributed by atoms with van der Waals surface area (Å²) in [6.07, 6.45) is 0.0979. The Balaban J connectivity index is 3.11. The predicted octanol–water partition coefficient (Wildman–Crippen LogP) is 2.30. The fourth-order valence-electron chi connectivity index (χ4n) is 1.88. The minimum Gasteiger partial charge on any atom is -0.496 e. The van der Waals surface area contributed by atoms with E-state index in [0.29, 0.717) is 0 Å². The number of hydrogen-bond acceptors (Lipinski definition) is 3. The van der Waals surface area contributed by atoms with E-state index in [0.717, 1.165) is 11.3 Å². The van der Waals surface area contributed by atoms with Crippen molar-refractivity contribution in [3.8, 4) is 5.75 Å². The number of hydrogen-bond donors (Lipinski definition) is 1. The van der Waals surface area contributed by atoms with Crippen LogP contribution in [0, 0.1) is 6.92 Å². The Hall–Kier alpha value is -1.06. The van der Waals surface area contributed by atoms with Gasteiger partial charge in [0, 0.05) is 12.7 Å². The first kappa shape index (κ1) is 13.0. The van der Waals surface area contributed by atoms with Crippen molar-refractivity contribution in [1.82, 2.24) is 5.32 Å². The van der Waals surface area contributed by atoms with E-state index in [2.05, 4.69) is 18.3 Å². The average molecular weight is 223 g/mol. The molecule has 90 valence electrons. The molecule has 0 amide bonds. The Kier molecular flexibility index (Phi) is 4.77. The highest BCUT2D eigenvalue weighted by Gasteiger charge is 2.20. The van der Waals surface area contributed by atoms with Crippen molar-refractivity contribution in [2.24, 2.45) is 0 Å². The molecule has 3 heteroatoms. The summed E-state index contributed by atoms with van der Waals surface area (Å²) in [5.41, 5.74) is 2.36. The van der Waals surface area contributed by atoms with Crippen LogP contribution < -0.4 is 10.1 Å². The second kappa shape index (κ2) is 5.87. The molecule has 2 unspecified atom stereocenters. The lowest BCUT2D eigenvalue weighted by atomic mass is 9.99. The number of methoxy groups -OCH3 is 2. The van der Waals surface area contributed by atoms with Gasteiger partial charge in [0.05, 0.1) is 19.3 Å². The fourth-order valence-corrected chi connectivity index (χ4v) is 1.88. The number of aryl methyl sites for hydroxylation is 1. The Morgan fingerprint density at radius 3 is 2.44 bits per heavy atom. The smallest absolute Gasteiger partial charge is 0.123 e. The highest BCUT2D eigenvalue weighted by atomic mass is 16.5. The second-order valence-corrected chi connectivity index (χ2v) is 3.95. The van der Waals surface area contributed by atoms with Crippen molar-refractivity contribution in [2.75, 3.05) is 21.3 Å². The first-order valence-corrected chi connectivity index (χ1v) is 5.48. The van der Waals surface area contributed by atoms with Crippen LogP contribution in [0.4, 0.5) is 0 Å². The number of benzene rings is 1. The molecule has 0 aliphatic heterocycles. The summed E-state index contributed by atoms with van der Waals surface area (Å²) in [5, 5.41) is 3.27. The van der Waals surface area contributed by atoms with E-state index in [-0.39, 0.29) is 12.1 Å². The first-order valence-electron chi connectivity index (χ1n) is 5.48. The highest BCUT2D eigenvalue weighted by Crippen LogP contribution is 2.28. The van der Waals surface area contributed by atoms with Crippen LogP contribution >= 0.6 is 0 Å². The molecule has 3 nitrogen and oxygen atoms in total. The van der Waals surface area contributed by atoms with Gasteiger partial charge in [-0.2, -0.15) is 0 Å². The van der Waals surface area contributed by atoms with Crippen LogP contribution in [-0.2, 0) is 4.74 Å². The van der Waals surface area contributed by atoms with Gasteiger partial charge in [-0.25, -0.2) is 0 Å². The molecule has 0 aliphatic carbocycles. The molecule has 0 spiro atoms. The van der Waals surface area contributed by atoms with Gasteiger partial charge in [-0.05, 0) is 27.0 Å². The van der Waals surface area contributed by atoms with Crippen LogP contribution in [0.15, 0.2) is 18.2 Å². The molecule has 0 fully saturated rings. The van der Waals surface area contributed by atoms with Gasteiger partial charge in [-0.1, -0.05) is 17.7 Å². The molecule has 0 radical (unpaired) electrons. The number of likely N-dealkylation sites (N-methyl/N-ethyl adjacent to an activating group) is 1. The lowest BCUT2D eigenvalue weighted by Gasteiger charge is -2.24. The van der Waals surface area contributed by atoms with E-state index in [4.69, 9.17) is 9.47 Å². The maximum absolute atomic E-state index is 5.38. The van der Waals surface area contributed by atoms with E-state index in [1.54, 1.807) is 14.2 Å². The van der Waals surface area contributed by atoms with Crippen molar-refractivity contribution < 1.29 is 9.47 Å². The molecule has 0 bridgehead atoms. The molecule has 0 heterocycles. The monoisotopic (exact) mass is 223 g/mol. The van der Waals surface area contributed by atoms with E-state index in [1.165, 1.54) is 5.56 Å². The lowest BCUT2D eigenvalue weighted by molar-refractivity contribution is 0.0848. The molecule has 2 atom stereocenters. The van der Waals surface area contributed by atoms with Gasteiger partial charge in [0.25, 0.3) is 0 Å². The lowest BCUT2D eigenvalue weighted by Crippen LogP contribution is -2.29. The van der Waals surface area contributed by atoms with Crippen LogP contribution in [0.1, 0.15) is 24.1 Å². The molecule has 16 heavy (non-hydrogen) atoms. The van der Waals surface area contributed by atoms with Crippen molar-refractivity contribution in [2.45, 2.75) is 26.0 Å². The van der Waals surface area contributed by atoms with Crippen LogP contribution in [0.5, 0.6) is 5.75 Å². The Bertz CT molecular complexity index is 339. The molecule has 1 aromatic rings. The summed E-state index contributed by atoms with van der Waals surface area (Å²) in [5.74, 6) is 0.897. The van der Waals surface area contributed by atoms with Gasteiger partial charge in [-0.15, -0.1) is 0 Å². The van der Waals surface area contributed by atoms with Gasteiger partial charge in [-0.3, -0.25) is 0 Å². The SMILES string of the molecule is CNC(c1cc(C)ccc1OC)C(C)OC. The largest absolute Gasteiger partial charge is 0.496 e. The zero-order chi connectivity index (χ0) is 12.1. The third kappa shape index (κ3) is 2.74. The standard InChI is InChI=1S/C13H21NO2/c1-9-6-7-12(16-5)11(8-9)13(14-3)10(2)15-4/h6-8,10,13-14H,1-5H3. The van der Waals surface area contributed by atoms with Crippen LogP contribution in [0.25, 0.3) is 0 Å². The van der Waals surface area contributed by atoms with Crippen molar-refractivity contribution in [3.05, 3.63) is 29.3 Å². The van der Waals surface area contributed by atoms with Gasteiger partial charge in [0.2, 0.25) is 0 Å². The maximum Gasteiger partial charge on any atom is 0.123 e. The third-order valence-corrected chi connectivity index (χ3v) is 2.87. The normalized spacial score (nSPS) is 14.6. The zero-order valence-corrected chi connectivity index (χ0v) is 10.7. The summed E-state index contributed by atoms with van der Waals surface area (Å²) in [7, 11) is 5.34. The molecule has 0 saturated heterocycles. The fraction of sp³-hybridized carbons (Fsp3) is 0.538. The molecule has 1 aromatic carbocycles. The quantitative estimate of drug-likeness (QED) is 0.831. The minimum atomic E-state index is 0.0979. The Morgan fingerprint density at radius 1 is 1.25 bits per heavy atom. The summed E-state index contributed by atoms with van der Waals surface area (Å²) < 4.78 is 10.8. The molecule has 0 aliphatic rings. The van der Waals surface area contributed by atoms with E-state index >= 15 is 0 Å².